The van der Waals surface area contributed by atoms with E-state index in [0.717, 1.165) is 0 Å². The third-order valence-electron chi connectivity index (χ3n) is 0.811. The van der Waals surface area contributed by atoms with Gasteiger partial charge in [0, 0.05) is 0 Å². The summed E-state index contributed by atoms with van der Waals surface area (Å²) in [7, 11) is 0. The molecule has 0 aromatic heterocycles. The average molecular weight is 183 g/mol. The molecule has 13 heavy (non-hydrogen) atoms. The number of carbonyl (C=O) groups is 2. The van der Waals surface area contributed by atoms with E-state index in [1.54, 1.807) is 16.3 Å². The Morgan fingerprint density at radius 1 is 1.31 bits per heavy atom. The highest BCUT2D eigenvalue weighted by Gasteiger charge is 2.17. The van der Waals surface area contributed by atoms with E-state index >= 15 is 0 Å². The van der Waals surface area contributed by atoms with Crippen molar-refractivity contribution in [1.29, 1.82) is 10.5 Å². The molecule has 0 radical (unpaired) electrons. The number of amides is 4. The Morgan fingerprint density at radius 3 is 2.31 bits per heavy atom. The van der Waals surface area contributed by atoms with E-state index in [9.17, 15) is 9.59 Å². The van der Waals surface area contributed by atoms with Gasteiger partial charge in [-0.05, 0) is 0 Å². The number of nitrogens with zero attached hydrogens (tertiary/aromatic N) is 3. The molecule has 68 valence electrons. The zero-order chi connectivity index (χ0) is 10.3. The number of primary amides is 1. The molecule has 0 spiro atoms. The quantitative estimate of drug-likeness (QED) is 0.222. The maximum absolute atomic E-state index is 10.8. The third kappa shape index (κ3) is 3.29. The molecule has 0 bridgehead atoms. The van der Waals surface area contributed by atoms with Crippen LogP contribution in [-0.2, 0) is 0 Å². The summed E-state index contributed by atoms with van der Waals surface area (Å²) in [5.41, 5.74) is 9.90. The molecule has 4 amide bonds. The fraction of sp³-hybridized carbons (Fsp3) is 0. The van der Waals surface area contributed by atoms with Gasteiger partial charge in [-0.25, -0.2) is 25.9 Å². The first-order valence-electron chi connectivity index (χ1n) is 2.81. The maximum atomic E-state index is 10.8. The minimum absolute atomic E-state index is 0.185. The summed E-state index contributed by atoms with van der Waals surface area (Å²) in [6.45, 7) is 0. The van der Waals surface area contributed by atoms with Gasteiger partial charge in [-0.1, -0.05) is 0 Å². The van der Waals surface area contributed by atoms with Gasteiger partial charge in [0.05, 0.1) is 0 Å². The maximum Gasteiger partial charge on any atom is 0.364 e. The molecule has 0 saturated carbocycles. The number of nitrogens with one attached hydrogen (secondary N) is 3. The van der Waals surface area contributed by atoms with Crippen LogP contribution in [0.4, 0.5) is 9.59 Å². The minimum atomic E-state index is -1.18. The van der Waals surface area contributed by atoms with E-state index in [1.807, 2.05) is 0 Å². The van der Waals surface area contributed by atoms with E-state index in [2.05, 4.69) is 0 Å². The Bertz CT molecular complexity index is 286. The monoisotopic (exact) mass is 183 g/mol. The van der Waals surface area contributed by atoms with Crippen LogP contribution in [0.15, 0.2) is 0 Å². The number of hydrazine groups is 2. The number of hydrogen-bond donors (Lipinski definition) is 4. The van der Waals surface area contributed by atoms with Crippen molar-refractivity contribution in [2.75, 3.05) is 0 Å². The lowest BCUT2D eigenvalue weighted by Crippen LogP contribution is -2.54. The van der Waals surface area contributed by atoms with Crippen LogP contribution < -0.4 is 22.0 Å². The van der Waals surface area contributed by atoms with Crippen molar-refractivity contribution < 1.29 is 9.59 Å². The summed E-state index contributed by atoms with van der Waals surface area (Å²) in [6.07, 6.45) is 2.67. The molecule has 0 atom stereocenters. The molecular formula is C4H5N7O2. The van der Waals surface area contributed by atoms with Gasteiger partial charge in [0.2, 0.25) is 0 Å². The smallest absolute Gasteiger partial charge is 0.350 e. The van der Waals surface area contributed by atoms with Crippen molar-refractivity contribution >= 4 is 12.1 Å². The van der Waals surface area contributed by atoms with E-state index in [1.165, 1.54) is 12.4 Å². The molecule has 0 fully saturated rings. The molecule has 0 heterocycles. The number of nitrogens with two attached hydrogens (primary N) is 1. The summed E-state index contributed by atoms with van der Waals surface area (Å²) < 4.78 is 0. The zero-order valence-corrected chi connectivity index (χ0v) is 6.24. The van der Waals surface area contributed by atoms with E-state index in [-0.39, 0.29) is 5.01 Å². The average Bonchev–Trinajstić information content (AvgIpc) is 2.09. The van der Waals surface area contributed by atoms with Gasteiger partial charge in [0.15, 0.2) is 12.4 Å². The molecule has 0 rings (SSSR count). The molecule has 5 N–H and O–H groups in total. The lowest BCUT2D eigenvalue weighted by atomic mass is 10.8. The molecule has 9 heteroatoms. The summed E-state index contributed by atoms with van der Waals surface area (Å²) >= 11 is 0. The first-order chi connectivity index (χ1) is 6.13. The molecule has 0 aromatic rings. The number of hydrogen-bond acceptors (Lipinski definition) is 6. The molecule has 9 nitrogen and oxygen atoms in total. The molecular weight excluding hydrogens is 178 g/mol. The van der Waals surface area contributed by atoms with E-state index in [0.29, 0.717) is 0 Å². The van der Waals surface area contributed by atoms with Crippen LogP contribution in [0, 0.1) is 22.9 Å². The van der Waals surface area contributed by atoms with Crippen LogP contribution in [-0.4, -0.2) is 17.1 Å². The van der Waals surface area contributed by atoms with Gasteiger partial charge in [0.25, 0.3) is 0 Å². The molecule has 0 aliphatic heterocycles. The first kappa shape index (κ1) is 10.3. The fourth-order valence-corrected chi connectivity index (χ4v) is 0.393. The Balaban J connectivity index is 4.23. The van der Waals surface area contributed by atoms with Crippen molar-refractivity contribution in [3.8, 4) is 12.4 Å². The van der Waals surface area contributed by atoms with Gasteiger partial charge in [-0.15, -0.1) is 5.01 Å². The lowest BCUT2D eigenvalue weighted by Gasteiger charge is -2.14. The fourth-order valence-electron chi connectivity index (χ4n) is 0.393. The summed E-state index contributed by atoms with van der Waals surface area (Å²) in [4.78, 5) is 21.3. The summed E-state index contributed by atoms with van der Waals surface area (Å²) in [5.74, 6) is 0. The number of carbonyl (C=O) groups excluding carboxylic acids is 2. The molecule has 0 saturated heterocycles. The van der Waals surface area contributed by atoms with Crippen molar-refractivity contribution in [1.82, 2.24) is 21.3 Å². The standard InChI is InChI=1S/C4H5N7O2/c5-1-8-10-4(13)11(3(7)12)9-2-6/h8-9H,(H2,7,12)(H,10,13). The number of nitriles is 2. The van der Waals surface area contributed by atoms with Gasteiger partial charge in [-0.3, -0.25) is 0 Å². The number of rotatable bonds is 2. The van der Waals surface area contributed by atoms with Gasteiger partial charge in [0.1, 0.15) is 0 Å². The van der Waals surface area contributed by atoms with Crippen LogP contribution in [0.2, 0.25) is 0 Å². The topological polar surface area (TPSA) is 147 Å². The molecule has 0 unspecified atom stereocenters. The van der Waals surface area contributed by atoms with E-state index in [4.69, 9.17) is 16.3 Å². The SMILES string of the molecule is N#CNNC(=O)N(NC#N)C(N)=O. The minimum Gasteiger partial charge on any atom is -0.350 e. The van der Waals surface area contributed by atoms with Crippen molar-refractivity contribution in [2.24, 2.45) is 5.73 Å². The van der Waals surface area contributed by atoms with Crippen LogP contribution >= 0.6 is 0 Å². The predicted molar refractivity (Wildman–Crippen MR) is 37.5 cm³/mol. The van der Waals surface area contributed by atoms with Crippen LogP contribution in [0.5, 0.6) is 0 Å². The Morgan fingerprint density at radius 2 is 1.92 bits per heavy atom. The summed E-state index contributed by atoms with van der Waals surface area (Å²) in [5, 5.41) is 16.2. The Hall–Kier alpha value is -2.68. The van der Waals surface area contributed by atoms with Gasteiger partial charge < -0.3 is 5.73 Å². The highest BCUT2D eigenvalue weighted by atomic mass is 16.2. The second-order valence-electron chi connectivity index (χ2n) is 1.56. The highest BCUT2D eigenvalue weighted by Crippen LogP contribution is 1.80. The third-order valence-corrected chi connectivity index (χ3v) is 0.811. The summed E-state index contributed by atoms with van der Waals surface area (Å²) in [6, 6.07) is -2.26. The number of urea groups is 2. The molecule has 0 aliphatic rings. The highest BCUT2D eigenvalue weighted by molar-refractivity contribution is 5.92. The lowest BCUT2D eigenvalue weighted by molar-refractivity contribution is 0.179. The van der Waals surface area contributed by atoms with Crippen molar-refractivity contribution in [2.45, 2.75) is 0 Å². The zero-order valence-electron chi connectivity index (χ0n) is 6.24. The van der Waals surface area contributed by atoms with Crippen LogP contribution in [0.25, 0.3) is 0 Å². The normalized spacial score (nSPS) is 7.23. The van der Waals surface area contributed by atoms with Gasteiger partial charge in [-0.2, -0.15) is 10.5 Å². The first-order valence-corrected chi connectivity index (χ1v) is 2.81. The number of imide groups is 1. The second-order valence-corrected chi connectivity index (χ2v) is 1.56. The Labute approximate surface area is 72.6 Å². The Kier molecular flexibility index (Phi) is 4.00. The molecule has 0 aromatic carbocycles. The van der Waals surface area contributed by atoms with E-state index < -0.39 is 12.1 Å². The van der Waals surface area contributed by atoms with Gasteiger partial charge >= 0.3 is 12.1 Å². The van der Waals surface area contributed by atoms with Crippen LogP contribution in [0.1, 0.15) is 0 Å². The van der Waals surface area contributed by atoms with Crippen molar-refractivity contribution in [3.63, 3.8) is 0 Å². The van der Waals surface area contributed by atoms with Crippen molar-refractivity contribution in [3.05, 3.63) is 0 Å². The molecule has 0 aliphatic carbocycles. The second kappa shape index (κ2) is 5.03. The predicted octanol–water partition coefficient (Wildman–Crippen LogP) is -1.95. The van der Waals surface area contributed by atoms with Crippen LogP contribution in [0.3, 0.4) is 0 Å². The largest absolute Gasteiger partial charge is 0.364 e.